The highest BCUT2D eigenvalue weighted by molar-refractivity contribution is 7.09. The van der Waals surface area contributed by atoms with Gasteiger partial charge in [0.1, 0.15) is 24.4 Å². The third-order valence-corrected chi connectivity index (χ3v) is 19.4. The van der Waals surface area contributed by atoms with E-state index in [0.29, 0.717) is 69.8 Å². The van der Waals surface area contributed by atoms with Crippen molar-refractivity contribution < 1.29 is 47.7 Å². The van der Waals surface area contributed by atoms with Crippen molar-refractivity contribution >= 4 is 58.6 Å². The molecule has 1 saturated heterocycles. The largest absolute Gasteiger partial charge is 0.483 e. The summed E-state index contributed by atoms with van der Waals surface area (Å²) in [5.41, 5.74) is 7.47. The summed E-state index contributed by atoms with van der Waals surface area (Å²) in [5, 5.41) is 21.8. The zero-order valence-electron chi connectivity index (χ0n) is 63.5. The Morgan fingerprint density at radius 3 is 1.57 bits per heavy atom. The van der Waals surface area contributed by atoms with Crippen LogP contribution in [0.2, 0.25) is 0 Å². The maximum Gasteiger partial charge on any atom is 0.407 e. The molecular formula is C82H112N10O10S2. The van der Waals surface area contributed by atoms with E-state index in [0.717, 1.165) is 55.4 Å². The number of urea groups is 2. The van der Waals surface area contributed by atoms with Gasteiger partial charge in [-0.25, -0.2) is 19.4 Å². The SMILES string of the molecule is CC(C)c1nc(CN(C)C(=O)N[C@H](C(=O)N[C@@H](Cc2ccccc2)C[C@H](OC(C)(C)C)[C@H](Cc2ccccc2)NC(=O)OCc2cncs2)C(C)C)cs1.Cc1cccc(C)c1OCC(=O)N[C@@H](Cc1ccccc1)[C@H](C[C@H](Cc1ccccc1)NC(=O)[C@H](C(C)C)N1CCCNC1=O)OC(C)(C)C. The maximum atomic E-state index is 14.2. The number of carbonyl (C=O) groups excluding carboxylic acids is 6. The average molecular weight is 1460 g/mol. The Morgan fingerprint density at radius 2 is 1.12 bits per heavy atom. The topological polar surface area (TPSA) is 244 Å². The predicted molar refractivity (Wildman–Crippen MR) is 414 cm³/mol. The zero-order valence-corrected chi connectivity index (χ0v) is 65.2. The highest BCUT2D eigenvalue weighted by Gasteiger charge is 2.39. The number of nitrogens with one attached hydrogen (secondary N) is 6. The van der Waals surface area contributed by atoms with E-state index in [1.807, 2.05) is 228 Å². The van der Waals surface area contributed by atoms with Crippen molar-refractivity contribution in [3.05, 3.63) is 206 Å². The van der Waals surface area contributed by atoms with E-state index < -0.39 is 59.7 Å². The Hall–Kier alpha value is -8.70. The first-order valence-corrected chi connectivity index (χ1v) is 38.1. The van der Waals surface area contributed by atoms with E-state index in [-0.39, 0.29) is 60.9 Å². The van der Waals surface area contributed by atoms with Crippen LogP contribution >= 0.6 is 22.7 Å². The van der Waals surface area contributed by atoms with Crippen LogP contribution in [0.15, 0.2) is 157 Å². The van der Waals surface area contributed by atoms with E-state index in [2.05, 4.69) is 55.7 Å². The Balaban J connectivity index is 0.000000292. The standard InChI is InChI=1S/C41H56N6O5S2.C41H56N4O5/c1-27(2)36(46-39(49)47(8)23-32-25-53-38(44-32)28(3)4)37(48)43-31(19-29-15-11-9-12-16-29)21-35(52-41(5,6)7)34(20-30-17-13-10-14-18-30)45-40(50)51-24-33-22-42-26-54-33;1-28(2)37(45-23-15-22-42-40(45)48)39(47)43-33(24-31-18-10-8-11-19-31)26-35(50-41(5,6)7)34(25-32-20-12-9-13-21-32)44-36(46)27-49-38-29(3)16-14-17-30(38)4/h9-18,22,25-28,31,34-36H,19-21,23-24H2,1-8H3,(H,43,48)(H,45,50)(H,46,49);8-14,16-21,28,33-35,37H,15,22-27H2,1-7H3,(H,42,48)(H,43,47)(H,44,46)/t31-,34-,35-,36-;33-,34-,35-,37-/m00/s1. The lowest BCUT2D eigenvalue weighted by Crippen LogP contribution is -2.59. The maximum absolute atomic E-state index is 14.2. The fourth-order valence-electron chi connectivity index (χ4n) is 12.6. The molecule has 20 nitrogen and oxygen atoms in total. The van der Waals surface area contributed by atoms with Crippen LogP contribution in [0.4, 0.5) is 14.4 Å². The lowest BCUT2D eigenvalue weighted by Gasteiger charge is -2.38. The second-order valence-corrected chi connectivity index (χ2v) is 31.8. The fourth-order valence-corrected chi connectivity index (χ4v) is 14.0. The molecule has 0 spiro atoms. The summed E-state index contributed by atoms with van der Waals surface area (Å²) >= 11 is 3.00. The number of hydrogen-bond donors (Lipinski definition) is 6. The summed E-state index contributed by atoms with van der Waals surface area (Å²) in [6.07, 6.45) is 3.70. The minimum Gasteiger partial charge on any atom is -0.483 e. The second kappa shape index (κ2) is 40.5. The van der Waals surface area contributed by atoms with Crippen molar-refractivity contribution in [3.8, 4) is 5.75 Å². The molecule has 5 aromatic carbocycles. The molecule has 1 aliphatic heterocycles. The van der Waals surface area contributed by atoms with Gasteiger partial charge in [0.05, 0.1) is 63.1 Å². The van der Waals surface area contributed by atoms with Crippen molar-refractivity contribution in [1.29, 1.82) is 0 Å². The van der Waals surface area contributed by atoms with E-state index >= 15 is 0 Å². The number of nitrogens with zero attached hydrogens (tertiary/aromatic N) is 4. The number of benzene rings is 5. The molecule has 2 aromatic heterocycles. The monoisotopic (exact) mass is 1460 g/mol. The van der Waals surface area contributed by atoms with Crippen LogP contribution in [0, 0.1) is 25.7 Å². The van der Waals surface area contributed by atoms with Gasteiger partial charge in [-0.15, -0.1) is 22.7 Å². The summed E-state index contributed by atoms with van der Waals surface area (Å²) in [6.45, 7) is 29.2. The molecule has 104 heavy (non-hydrogen) atoms. The summed E-state index contributed by atoms with van der Waals surface area (Å²) < 4.78 is 25.2. The van der Waals surface area contributed by atoms with Crippen LogP contribution < -0.4 is 36.6 Å². The summed E-state index contributed by atoms with van der Waals surface area (Å²) in [7, 11) is 1.70. The predicted octanol–water partition coefficient (Wildman–Crippen LogP) is 13.9. The van der Waals surface area contributed by atoms with Crippen LogP contribution in [0.1, 0.15) is 157 Å². The molecule has 3 heterocycles. The van der Waals surface area contributed by atoms with Gasteiger partial charge in [-0.2, -0.15) is 0 Å². The average Bonchev–Trinajstić information content (AvgIpc) is 0.994. The van der Waals surface area contributed by atoms with Gasteiger partial charge in [0, 0.05) is 49.7 Å². The van der Waals surface area contributed by atoms with Gasteiger partial charge in [-0.1, -0.05) is 181 Å². The zero-order chi connectivity index (χ0) is 75.5. The van der Waals surface area contributed by atoms with Crippen LogP contribution in [0.3, 0.4) is 0 Å². The molecule has 8 atom stereocenters. The fraction of sp³-hybridized carbons (Fsp3) is 0.488. The number of hydrogen-bond acceptors (Lipinski definition) is 14. The number of thiazole rings is 2. The number of para-hydroxylation sites is 1. The molecule has 22 heteroatoms. The molecule has 6 N–H and O–H groups in total. The number of aromatic nitrogens is 2. The minimum atomic E-state index is -0.804. The molecule has 1 aliphatic rings. The van der Waals surface area contributed by atoms with E-state index in [9.17, 15) is 28.8 Å². The van der Waals surface area contributed by atoms with Crippen molar-refractivity contribution in [2.45, 2.75) is 221 Å². The van der Waals surface area contributed by atoms with Gasteiger partial charge < -0.3 is 60.6 Å². The number of carbonyl (C=O) groups is 6. The first-order valence-electron chi connectivity index (χ1n) is 36.4. The summed E-state index contributed by atoms with van der Waals surface area (Å²) in [4.78, 5) is 94.4. The van der Waals surface area contributed by atoms with Crippen LogP contribution in [-0.4, -0.2) is 142 Å². The van der Waals surface area contributed by atoms with E-state index in [4.69, 9.17) is 18.9 Å². The molecule has 0 aliphatic carbocycles. The highest BCUT2D eigenvalue weighted by Crippen LogP contribution is 2.28. The third-order valence-electron chi connectivity index (χ3n) is 17.5. The molecule has 0 radical (unpaired) electrons. The minimum absolute atomic E-state index is 0.0974. The molecular weight excluding hydrogens is 1350 g/mol. The number of rotatable bonds is 34. The molecule has 0 unspecified atom stereocenters. The summed E-state index contributed by atoms with van der Waals surface area (Å²) in [5.74, 6) is -0.0313. The normalized spacial score (nSPS) is 14.8. The third kappa shape index (κ3) is 28.1. The van der Waals surface area contributed by atoms with Gasteiger partial charge >= 0.3 is 18.2 Å². The molecule has 0 saturated carbocycles. The number of amides is 8. The van der Waals surface area contributed by atoms with Crippen molar-refractivity contribution in [1.82, 2.24) is 51.7 Å². The van der Waals surface area contributed by atoms with Crippen LogP contribution in [0.25, 0.3) is 0 Å². The Bertz CT molecular complexity index is 3740. The van der Waals surface area contributed by atoms with Crippen molar-refractivity contribution in [2.75, 3.05) is 26.7 Å². The van der Waals surface area contributed by atoms with Gasteiger partial charge in [-0.05, 0) is 146 Å². The molecule has 8 amide bonds. The van der Waals surface area contributed by atoms with Gasteiger partial charge in [0.15, 0.2) is 6.61 Å². The quantitative estimate of drug-likeness (QED) is 0.0221. The number of aryl methyl sites for hydroxylation is 2. The van der Waals surface area contributed by atoms with E-state index in [1.54, 1.807) is 39.9 Å². The van der Waals surface area contributed by atoms with Crippen molar-refractivity contribution in [2.24, 2.45) is 11.8 Å². The van der Waals surface area contributed by atoms with Crippen LogP contribution in [-0.2, 0) is 67.4 Å². The smallest absolute Gasteiger partial charge is 0.407 e. The number of ether oxygens (including phenoxy) is 4. The van der Waals surface area contributed by atoms with E-state index in [1.165, 1.54) is 11.3 Å². The van der Waals surface area contributed by atoms with Crippen LogP contribution in [0.5, 0.6) is 5.75 Å². The lowest BCUT2D eigenvalue weighted by molar-refractivity contribution is -0.131. The second-order valence-electron chi connectivity index (χ2n) is 30.0. The first kappa shape index (κ1) is 82.6. The molecule has 7 aromatic rings. The highest BCUT2D eigenvalue weighted by atomic mass is 32.1. The molecule has 1 fully saturated rings. The van der Waals surface area contributed by atoms with Gasteiger partial charge in [0.25, 0.3) is 5.91 Å². The summed E-state index contributed by atoms with van der Waals surface area (Å²) in [6, 6.07) is 42.1. The first-order chi connectivity index (χ1) is 49.5. The Morgan fingerprint density at radius 1 is 0.615 bits per heavy atom. The Kier molecular flexibility index (Phi) is 32.2. The van der Waals surface area contributed by atoms with Gasteiger partial charge in [-0.3, -0.25) is 19.4 Å². The molecule has 0 bridgehead atoms. The number of alkyl carbamates (subject to hydrolysis) is 1. The Labute approximate surface area is 625 Å². The molecule has 8 rings (SSSR count). The van der Waals surface area contributed by atoms with Crippen molar-refractivity contribution in [3.63, 3.8) is 0 Å². The molecule has 562 valence electrons. The lowest BCUT2D eigenvalue weighted by atomic mass is 9.92. The van der Waals surface area contributed by atoms with Gasteiger partial charge in [0.2, 0.25) is 11.8 Å².